The van der Waals surface area contributed by atoms with Gasteiger partial charge in [0.15, 0.2) is 0 Å². The molecule has 0 atom stereocenters. The van der Waals surface area contributed by atoms with Crippen LogP contribution >= 0.6 is 0 Å². The molecule has 1 aromatic rings. The number of nitriles is 1. The maximum Gasteiger partial charge on any atom is 0.141 e. The van der Waals surface area contributed by atoms with E-state index in [1.807, 2.05) is 0 Å². The lowest BCUT2D eigenvalue weighted by Gasteiger charge is -2.19. The Morgan fingerprint density at radius 1 is 1.44 bits per heavy atom. The summed E-state index contributed by atoms with van der Waals surface area (Å²) in [6.07, 6.45) is 6.31. The van der Waals surface area contributed by atoms with Gasteiger partial charge in [0, 0.05) is 25.6 Å². The van der Waals surface area contributed by atoms with Crippen molar-refractivity contribution < 1.29 is 0 Å². The van der Waals surface area contributed by atoms with Gasteiger partial charge in [-0.25, -0.2) is 4.98 Å². The van der Waals surface area contributed by atoms with Gasteiger partial charge in [-0.05, 0) is 12.8 Å². The van der Waals surface area contributed by atoms with E-state index in [-0.39, 0.29) is 0 Å². The van der Waals surface area contributed by atoms with E-state index in [4.69, 9.17) is 11.0 Å². The Bertz CT molecular complexity index is 376. The molecule has 1 fully saturated rings. The van der Waals surface area contributed by atoms with Crippen molar-refractivity contribution in [3.8, 4) is 6.07 Å². The molecule has 0 bridgehead atoms. The Morgan fingerprint density at radius 3 is 2.81 bits per heavy atom. The third-order valence-electron chi connectivity index (χ3n) is 2.66. The van der Waals surface area contributed by atoms with Crippen LogP contribution in [-0.2, 0) is 6.54 Å². The number of nitrogens with two attached hydrogens (primary N) is 1. The molecule has 16 heavy (non-hydrogen) atoms. The van der Waals surface area contributed by atoms with Crippen LogP contribution in [0.3, 0.4) is 0 Å². The summed E-state index contributed by atoms with van der Waals surface area (Å²) < 4.78 is 0. The number of rotatable bonds is 5. The molecule has 0 aromatic carbocycles. The highest BCUT2D eigenvalue weighted by Crippen LogP contribution is 2.27. The molecule has 5 nitrogen and oxygen atoms in total. The van der Waals surface area contributed by atoms with Gasteiger partial charge >= 0.3 is 0 Å². The highest BCUT2D eigenvalue weighted by molar-refractivity contribution is 5.22. The predicted octanol–water partition coefficient (Wildman–Crippen LogP) is 0.937. The van der Waals surface area contributed by atoms with Crippen LogP contribution in [0.4, 0.5) is 5.82 Å². The fraction of sp³-hybridized carbons (Fsp3) is 0.545. The molecule has 0 amide bonds. The van der Waals surface area contributed by atoms with Crippen molar-refractivity contribution in [2.45, 2.75) is 31.8 Å². The van der Waals surface area contributed by atoms with Crippen molar-refractivity contribution in [2.75, 3.05) is 12.3 Å². The van der Waals surface area contributed by atoms with Gasteiger partial charge in [0.1, 0.15) is 5.82 Å². The van der Waals surface area contributed by atoms with Crippen molar-refractivity contribution in [1.82, 2.24) is 14.9 Å². The van der Waals surface area contributed by atoms with E-state index in [0.29, 0.717) is 18.3 Å². The minimum Gasteiger partial charge on any atom is -0.382 e. The molecule has 1 heterocycles. The molecule has 1 aromatic heterocycles. The lowest BCUT2D eigenvalue weighted by Crippen LogP contribution is -2.27. The van der Waals surface area contributed by atoms with Crippen LogP contribution < -0.4 is 5.73 Å². The second-order valence-electron chi connectivity index (χ2n) is 4.04. The summed E-state index contributed by atoms with van der Waals surface area (Å²) in [7, 11) is 0. The second kappa shape index (κ2) is 4.90. The van der Waals surface area contributed by atoms with Gasteiger partial charge < -0.3 is 5.73 Å². The number of hydrogen-bond acceptors (Lipinski definition) is 5. The van der Waals surface area contributed by atoms with Crippen LogP contribution in [0.15, 0.2) is 12.4 Å². The average molecular weight is 217 g/mol. The Labute approximate surface area is 94.9 Å². The van der Waals surface area contributed by atoms with Gasteiger partial charge in [-0.3, -0.25) is 9.88 Å². The number of aromatic nitrogens is 2. The minimum atomic E-state index is 0.443. The second-order valence-corrected chi connectivity index (χ2v) is 4.04. The summed E-state index contributed by atoms with van der Waals surface area (Å²) in [5.74, 6) is 0.443. The zero-order chi connectivity index (χ0) is 11.4. The first-order valence-corrected chi connectivity index (χ1v) is 5.47. The fourth-order valence-electron chi connectivity index (χ4n) is 1.68. The number of hydrogen-bond donors (Lipinski definition) is 1. The SMILES string of the molecule is N#CCCN(Cc1cnc(N)cn1)C1CC1. The zero-order valence-electron chi connectivity index (χ0n) is 9.13. The van der Waals surface area contributed by atoms with Gasteiger partial charge in [0.25, 0.3) is 0 Å². The lowest BCUT2D eigenvalue weighted by molar-refractivity contribution is 0.257. The number of anilines is 1. The Kier molecular flexibility index (Phi) is 3.32. The van der Waals surface area contributed by atoms with Crippen molar-refractivity contribution in [1.29, 1.82) is 5.26 Å². The molecule has 0 radical (unpaired) electrons. The highest BCUT2D eigenvalue weighted by atomic mass is 15.2. The third kappa shape index (κ3) is 2.91. The van der Waals surface area contributed by atoms with Gasteiger partial charge in [-0.15, -0.1) is 0 Å². The van der Waals surface area contributed by atoms with Gasteiger partial charge in [0.05, 0.1) is 24.2 Å². The molecule has 84 valence electrons. The number of nitrogen functional groups attached to an aromatic ring is 1. The first-order valence-electron chi connectivity index (χ1n) is 5.47. The smallest absolute Gasteiger partial charge is 0.141 e. The molecule has 0 saturated heterocycles. The molecule has 0 aliphatic heterocycles. The molecule has 1 aliphatic carbocycles. The normalized spacial score (nSPS) is 15.0. The maximum absolute atomic E-state index is 8.60. The monoisotopic (exact) mass is 217 g/mol. The molecular weight excluding hydrogens is 202 g/mol. The average Bonchev–Trinajstić information content (AvgIpc) is 3.11. The molecular formula is C11H15N5. The van der Waals surface area contributed by atoms with Gasteiger partial charge in [-0.1, -0.05) is 0 Å². The van der Waals surface area contributed by atoms with E-state index < -0.39 is 0 Å². The third-order valence-corrected chi connectivity index (χ3v) is 2.66. The molecule has 2 N–H and O–H groups in total. The van der Waals surface area contributed by atoms with Crippen molar-refractivity contribution in [3.63, 3.8) is 0 Å². The van der Waals surface area contributed by atoms with Crippen LogP contribution in [0.2, 0.25) is 0 Å². The van der Waals surface area contributed by atoms with Crippen LogP contribution in [0.5, 0.6) is 0 Å². The molecule has 5 heteroatoms. The summed E-state index contributed by atoms with van der Waals surface area (Å²) >= 11 is 0. The topological polar surface area (TPSA) is 78.8 Å². The first-order chi connectivity index (χ1) is 7.79. The molecule has 0 spiro atoms. The quantitative estimate of drug-likeness (QED) is 0.794. The highest BCUT2D eigenvalue weighted by Gasteiger charge is 2.28. The molecule has 1 saturated carbocycles. The Hall–Kier alpha value is -1.67. The lowest BCUT2D eigenvalue weighted by atomic mass is 10.3. The minimum absolute atomic E-state index is 0.443. The van der Waals surface area contributed by atoms with E-state index in [1.165, 1.54) is 12.8 Å². The predicted molar refractivity (Wildman–Crippen MR) is 60.1 cm³/mol. The van der Waals surface area contributed by atoms with E-state index in [2.05, 4.69) is 20.9 Å². The zero-order valence-corrected chi connectivity index (χ0v) is 9.13. The van der Waals surface area contributed by atoms with E-state index in [1.54, 1.807) is 12.4 Å². The summed E-state index contributed by atoms with van der Waals surface area (Å²) in [5, 5.41) is 8.60. The van der Waals surface area contributed by atoms with Crippen LogP contribution in [0.25, 0.3) is 0 Å². The van der Waals surface area contributed by atoms with Crippen LogP contribution in [-0.4, -0.2) is 27.5 Å². The van der Waals surface area contributed by atoms with Crippen LogP contribution in [0.1, 0.15) is 25.0 Å². The van der Waals surface area contributed by atoms with Crippen LogP contribution in [0, 0.1) is 11.3 Å². The largest absolute Gasteiger partial charge is 0.382 e. The van der Waals surface area contributed by atoms with Gasteiger partial charge in [-0.2, -0.15) is 5.26 Å². The summed E-state index contributed by atoms with van der Waals surface area (Å²) in [4.78, 5) is 10.5. The Balaban J connectivity index is 1.94. The van der Waals surface area contributed by atoms with E-state index >= 15 is 0 Å². The van der Waals surface area contributed by atoms with E-state index in [9.17, 15) is 0 Å². The number of nitrogens with zero attached hydrogens (tertiary/aromatic N) is 4. The summed E-state index contributed by atoms with van der Waals surface area (Å²) in [6.45, 7) is 1.58. The van der Waals surface area contributed by atoms with Gasteiger partial charge in [0.2, 0.25) is 0 Å². The maximum atomic E-state index is 8.60. The summed E-state index contributed by atoms with van der Waals surface area (Å²) in [6, 6.07) is 2.81. The molecule has 2 rings (SSSR count). The van der Waals surface area contributed by atoms with E-state index in [0.717, 1.165) is 18.8 Å². The standard InChI is InChI=1S/C11H15N5/c12-4-1-5-16(10-2-3-10)8-9-6-15-11(13)7-14-9/h6-7,10H,1-3,5,8H2,(H2,13,15). The summed E-state index contributed by atoms with van der Waals surface area (Å²) in [5.41, 5.74) is 6.40. The van der Waals surface area contributed by atoms with Crippen molar-refractivity contribution >= 4 is 5.82 Å². The fourth-order valence-corrected chi connectivity index (χ4v) is 1.68. The molecule has 1 aliphatic rings. The first kappa shape index (κ1) is 10.8. The van der Waals surface area contributed by atoms with Crippen molar-refractivity contribution in [3.05, 3.63) is 18.1 Å². The van der Waals surface area contributed by atoms with Crippen molar-refractivity contribution in [2.24, 2.45) is 0 Å². The molecule has 0 unspecified atom stereocenters. The Morgan fingerprint density at radius 2 is 2.25 bits per heavy atom.